The molecular weight excluding hydrogens is 281 g/mol. The number of benzene rings is 1. The average Bonchev–Trinajstić information content (AvgIpc) is 2.58. The number of hydrogen-bond acceptors (Lipinski definition) is 3. The van der Waals surface area contributed by atoms with Crippen LogP contribution in [0.3, 0.4) is 0 Å². The Bertz CT molecular complexity index is 634. The largest absolute Gasteiger partial charge is 0.322 e. The summed E-state index contributed by atoms with van der Waals surface area (Å²) in [6.07, 6.45) is 3.88. The van der Waals surface area contributed by atoms with Crippen LogP contribution in [0.1, 0.15) is 34.8 Å². The zero-order valence-electron chi connectivity index (χ0n) is 12.2. The van der Waals surface area contributed by atoms with Gasteiger partial charge in [-0.3, -0.25) is 9.78 Å². The Labute approximate surface area is 128 Å². The van der Waals surface area contributed by atoms with Crippen molar-refractivity contribution >= 4 is 11.6 Å². The van der Waals surface area contributed by atoms with E-state index in [9.17, 15) is 9.18 Å². The van der Waals surface area contributed by atoms with E-state index in [1.807, 2.05) is 6.07 Å². The molecule has 5 heteroatoms. The van der Waals surface area contributed by atoms with Gasteiger partial charge in [-0.05, 0) is 55.8 Å². The Morgan fingerprint density at radius 2 is 2.05 bits per heavy atom. The van der Waals surface area contributed by atoms with Crippen LogP contribution in [0.15, 0.2) is 42.6 Å². The lowest BCUT2D eigenvalue weighted by Gasteiger charge is -2.22. The molecule has 1 atom stereocenters. The third kappa shape index (κ3) is 3.49. The van der Waals surface area contributed by atoms with Gasteiger partial charge in [0.15, 0.2) is 0 Å². The number of nitrogens with zero attached hydrogens (tertiary/aromatic N) is 1. The fraction of sp³-hybridized carbons (Fsp3) is 0.294. The number of carbonyl (C=O) groups is 1. The summed E-state index contributed by atoms with van der Waals surface area (Å²) in [6.45, 7) is 2.00. The molecule has 0 bridgehead atoms. The fourth-order valence-corrected chi connectivity index (χ4v) is 2.62. The molecule has 2 N–H and O–H groups in total. The van der Waals surface area contributed by atoms with Gasteiger partial charge in [-0.15, -0.1) is 0 Å². The maximum atomic E-state index is 12.8. The zero-order chi connectivity index (χ0) is 15.4. The molecule has 0 saturated carbocycles. The van der Waals surface area contributed by atoms with Crippen molar-refractivity contribution in [2.75, 3.05) is 18.4 Å². The second-order valence-corrected chi connectivity index (χ2v) is 5.48. The summed E-state index contributed by atoms with van der Waals surface area (Å²) >= 11 is 0. The first kappa shape index (κ1) is 14.7. The van der Waals surface area contributed by atoms with Crippen LogP contribution in [0.4, 0.5) is 10.1 Å². The van der Waals surface area contributed by atoms with Gasteiger partial charge in [0.25, 0.3) is 5.91 Å². The number of nitrogens with one attached hydrogen (secondary N) is 2. The summed E-state index contributed by atoms with van der Waals surface area (Å²) in [5.41, 5.74) is 2.08. The van der Waals surface area contributed by atoms with E-state index in [2.05, 4.69) is 15.6 Å². The van der Waals surface area contributed by atoms with Gasteiger partial charge in [-0.2, -0.15) is 0 Å². The van der Waals surface area contributed by atoms with Gasteiger partial charge < -0.3 is 10.6 Å². The highest BCUT2D eigenvalue weighted by Crippen LogP contribution is 2.21. The molecule has 1 saturated heterocycles. The number of piperidine rings is 1. The highest BCUT2D eigenvalue weighted by atomic mass is 19.1. The van der Waals surface area contributed by atoms with Crippen molar-refractivity contribution in [2.24, 2.45) is 0 Å². The number of aromatic nitrogens is 1. The SMILES string of the molecule is O=C(Nc1ccc(F)cc1)c1ccc([C@H]2CCCNC2)nc1. The molecule has 0 unspecified atom stereocenters. The standard InChI is InChI=1S/C17H18FN3O/c18-14-4-6-15(7-5-14)21-17(22)13-3-8-16(20-11-13)12-2-1-9-19-10-12/h3-8,11-12,19H,1-2,9-10H2,(H,21,22)/t12-/m0/s1. The highest BCUT2D eigenvalue weighted by molar-refractivity contribution is 6.04. The third-order valence-corrected chi connectivity index (χ3v) is 3.87. The number of hydrogen-bond donors (Lipinski definition) is 2. The van der Waals surface area contributed by atoms with E-state index in [1.54, 1.807) is 12.3 Å². The predicted octanol–water partition coefficient (Wildman–Crippen LogP) is 2.94. The summed E-state index contributed by atoms with van der Waals surface area (Å²) in [5.74, 6) is -0.152. The van der Waals surface area contributed by atoms with Gasteiger partial charge in [-0.1, -0.05) is 0 Å². The summed E-state index contributed by atoms with van der Waals surface area (Å²) < 4.78 is 12.8. The topological polar surface area (TPSA) is 54.0 Å². The minimum Gasteiger partial charge on any atom is -0.322 e. The predicted molar refractivity (Wildman–Crippen MR) is 83.4 cm³/mol. The smallest absolute Gasteiger partial charge is 0.257 e. The zero-order valence-corrected chi connectivity index (χ0v) is 12.2. The average molecular weight is 299 g/mol. The number of rotatable bonds is 3. The van der Waals surface area contributed by atoms with Crippen LogP contribution in [0, 0.1) is 5.82 Å². The first-order valence-electron chi connectivity index (χ1n) is 7.46. The first-order chi connectivity index (χ1) is 10.7. The molecule has 3 rings (SSSR count). The monoisotopic (exact) mass is 299 g/mol. The van der Waals surface area contributed by atoms with E-state index in [1.165, 1.54) is 24.3 Å². The molecule has 1 fully saturated rings. The summed E-state index contributed by atoms with van der Waals surface area (Å²) in [6, 6.07) is 9.39. The van der Waals surface area contributed by atoms with Crippen molar-refractivity contribution in [3.8, 4) is 0 Å². The number of pyridine rings is 1. The molecule has 0 aliphatic carbocycles. The van der Waals surface area contributed by atoms with E-state index in [4.69, 9.17) is 0 Å². The minimum absolute atomic E-state index is 0.243. The van der Waals surface area contributed by atoms with Crippen molar-refractivity contribution in [3.05, 3.63) is 59.7 Å². The lowest BCUT2D eigenvalue weighted by atomic mass is 9.95. The molecule has 1 aliphatic rings. The molecule has 2 aromatic rings. The minimum atomic E-state index is -0.329. The molecule has 114 valence electrons. The molecule has 1 aromatic carbocycles. The van der Waals surface area contributed by atoms with Gasteiger partial charge in [0.2, 0.25) is 0 Å². The molecular formula is C17H18FN3O. The van der Waals surface area contributed by atoms with E-state index in [0.29, 0.717) is 17.2 Å². The van der Waals surface area contributed by atoms with Gasteiger partial charge in [0, 0.05) is 30.0 Å². The molecule has 2 heterocycles. The van der Waals surface area contributed by atoms with Crippen molar-refractivity contribution in [3.63, 3.8) is 0 Å². The van der Waals surface area contributed by atoms with Gasteiger partial charge in [0.05, 0.1) is 5.56 Å². The van der Waals surface area contributed by atoms with Crippen molar-refractivity contribution in [2.45, 2.75) is 18.8 Å². The second kappa shape index (κ2) is 6.66. The van der Waals surface area contributed by atoms with E-state index >= 15 is 0 Å². The maximum Gasteiger partial charge on any atom is 0.257 e. The normalized spacial score (nSPS) is 18.0. The number of amides is 1. The Balaban J connectivity index is 1.66. The molecule has 0 radical (unpaired) electrons. The molecule has 22 heavy (non-hydrogen) atoms. The Kier molecular flexibility index (Phi) is 4.44. The van der Waals surface area contributed by atoms with Crippen LogP contribution in [0.25, 0.3) is 0 Å². The molecule has 1 aromatic heterocycles. The number of carbonyl (C=O) groups excluding carboxylic acids is 1. The molecule has 4 nitrogen and oxygen atoms in total. The lowest BCUT2D eigenvalue weighted by Crippen LogP contribution is -2.28. The third-order valence-electron chi connectivity index (χ3n) is 3.87. The molecule has 1 amide bonds. The number of halogens is 1. The van der Waals surface area contributed by atoms with Gasteiger partial charge in [-0.25, -0.2) is 4.39 Å². The first-order valence-corrected chi connectivity index (χ1v) is 7.46. The summed E-state index contributed by atoms with van der Waals surface area (Å²) in [4.78, 5) is 16.5. The van der Waals surface area contributed by atoms with Crippen LogP contribution in [0.2, 0.25) is 0 Å². The van der Waals surface area contributed by atoms with Crippen molar-refractivity contribution in [1.29, 1.82) is 0 Å². The van der Waals surface area contributed by atoms with Crippen LogP contribution in [0.5, 0.6) is 0 Å². The Morgan fingerprint density at radius 1 is 1.23 bits per heavy atom. The van der Waals surface area contributed by atoms with E-state index < -0.39 is 0 Å². The van der Waals surface area contributed by atoms with Crippen molar-refractivity contribution in [1.82, 2.24) is 10.3 Å². The van der Waals surface area contributed by atoms with E-state index in [-0.39, 0.29) is 11.7 Å². The van der Waals surface area contributed by atoms with Crippen LogP contribution < -0.4 is 10.6 Å². The summed E-state index contributed by atoms with van der Waals surface area (Å²) in [7, 11) is 0. The number of anilines is 1. The van der Waals surface area contributed by atoms with Gasteiger partial charge >= 0.3 is 0 Å². The van der Waals surface area contributed by atoms with Crippen molar-refractivity contribution < 1.29 is 9.18 Å². The fourth-order valence-electron chi connectivity index (χ4n) is 2.62. The van der Waals surface area contributed by atoms with Crippen LogP contribution >= 0.6 is 0 Å². The quantitative estimate of drug-likeness (QED) is 0.916. The highest BCUT2D eigenvalue weighted by Gasteiger charge is 2.16. The maximum absolute atomic E-state index is 12.8. The summed E-state index contributed by atoms with van der Waals surface area (Å²) in [5, 5.41) is 6.08. The van der Waals surface area contributed by atoms with Crippen LogP contribution in [-0.4, -0.2) is 24.0 Å². The molecule has 0 spiro atoms. The van der Waals surface area contributed by atoms with E-state index in [0.717, 1.165) is 31.6 Å². The second-order valence-electron chi connectivity index (χ2n) is 5.48. The molecule has 1 aliphatic heterocycles. The Morgan fingerprint density at radius 3 is 2.68 bits per heavy atom. The van der Waals surface area contributed by atoms with Crippen LogP contribution in [-0.2, 0) is 0 Å². The Hall–Kier alpha value is -2.27. The van der Waals surface area contributed by atoms with Gasteiger partial charge in [0.1, 0.15) is 5.82 Å². The lowest BCUT2D eigenvalue weighted by molar-refractivity contribution is 0.102.